The van der Waals surface area contributed by atoms with Crippen LogP contribution in [0.3, 0.4) is 0 Å². The van der Waals surface area contributed by atoms with Crippen LogP contribution in [0.4, 0.5) is 0 Å². The van der Waals surface area contributed by atoms with E-state index >= 15 is 0 Å². The zero-order valence-corrected chi connectivity index (χ0v) is 7.26. The molecule has 0 aromatic carbocycles. The number of fused-ring (bicyclic) bond motifs is 1. The fourth-order valence-corrected chi connectivity index (χ4v) is 0.626. The van der Waals surface area contributed by atoms with Crippen LogP contribution in [0.25, 0.3) is 0 Å². The molecule has 0 spiro atoms. The van der Waals surface area contributed by atoms with Gasteiger partial charge in [0, 0.05) is 38.8 Å². The molecule has 7 heavy (non-hydrogen) atoms. The predicted octanol–water partition coefficient (Wildman–Crippen LogP) is 0.810. The van der Waals surface area contributed by atoms with Crippen molar-refractivity contribution in [1.29, 1.82) is 0 Å². The topological polar surface area (TPSA) is 12.5 Å². The second-order valence-corrected chi connectivity index (χ2v) is 1.61. The van der Waals surface area contributed by atoms with Crippen molar-refractivity contribution < 1.29 is 37.4 Å². The summed E-state index contributed by atoms with van der Waals surface area (Å²) < 4.78 is 4.97. The molecule has 1 aliphatic heterocycles. The quantitative estimate of drug-likeness (QED) is 0.390. The number of ether oxygens (including phenoxy) is 1. The van der Waals surface area contributed by atoms with Crippen molar-refractivity contribution in [2.45, 2.75) is 18.6 Å². The van der Waals surface area contributed by atoms with E-state index in [2.05, 4.69) is 6.42 Å². The fraction of sp³-hybridized carbons (Fsp3) is 0.600. The third-order valence-electron chi connectivity index (χ3n) is 1.22. The van der Waals surface area contributed by atoms with E-state index in [-0.39, 0.29) is 40.1 Å². The Hall–Kier alpha value is 1.06. The van der Waals surface area contributed by atoms with Gasteiger partial charge in [-0.1, -0.05) is 0 Å². The van der Waals surface area contributed by atoms with Crippen molar-refractivity contribution in [2.24, 2.45) is 0 Å². The van der Waals surface area contributed by atoms with Crippen molar-refractivity contribution in [2.75, 3.05) is 0 Å². The van der Waals surface area contributed by atoms with Gasteiger partial charge >= 0.3 is 0 Å². The van der Waals surface area contributed by atoms with E-state index < -0.39 is 0 Å². The van der Waals surface area contributed by atoms with E-state index in [0.717, 1.165) is 0 Å². The molecule has 2 unspecified atom stereocenters. The second-order valence-electron chi connectivity index (χ2n) is 1.61. The van der Waals surface area contributed by atoms with Crippen molar-refractivity contribution in [3.8, 4) is 0 Å². The van der Waals surface area contributed by atoms with Gasteiger partial charge in [-0.25, -0.2) is 0 Å². The average molecular weight is 173 g/mol. The number of hydrogen-bond donors (Lipinski definition) is 0. The molecule has 0 amide bonds. The summed E-state index contributed by atoms with van der Waals surface area (Å²) in [6, 6.07) is 0. The van der Waals surface area contributed by atoms with E-state index in [0.29, 0.717) is 12.2 Å². The molecule has 1 saturated carbocycles. The summed E-state index contributed by atoms with van der Waals surface area (Å²) in [5, 5.41) is 0. The Kier molecular flexibility index (Phi) is 2.95. The molecule has 2 aliphatic rings. The molecule has 0 aromatic rings. The zero-order valence-electron chi connectivity index (χ0n) is 4.42. The van der Waals surface area contributed by atoms with Gasteiger partial charge in [-0.05, 0) is 6.10 Å². The van der Waals surface area contributed by atoms with Gasteiger partial charge in [0.2, 0.25) is 0 Å². The molecular formula is C5H8OY-2. The molecule has 1 heterocycles. The maximum atomic E-state index is 4.97. The van der Waals surface area contributed by atoms with E-state index in [9.17, 15) is 0 Å². The van der Waals surface area contributed by atoms with Crippen LogP contribution in [0, 0.1) is 13.8 Å². The van der Waals surface area contributed by atoms with Gasteiger partial charge in [-0.3, -0.25) is 6.42 Å². The summed E-state index contributed by atoms with van der Waals surface area (Å²) in [4.78, 5) is 0. The molecule has 1 radical (unpaired) electrons. The van der Waals surface area contributed by atoms with Gasteiger partial charge in [0.25, 0.3) is 0 Å². The molecule has 1 nitrogen and oxygen atoms in total. The van der Waals surface area contributed by atoms with Crippen LogP contribution in [0.15, 0.2) is 0 Å². The van der Waals surface area contributed by atoms with Crippen LogP contribution in [0.5, 0.6) is 0 Å². The van der Waals surface area contributed by atoms with Crippen LogP contribution in [-0.2, 0) is 37.4 Å². The minimum Gasteiger partial charge on any atom is -0.407 e. The van der Waals surface area contributed by atoms with Crippen LogP contribution in [0.2, 0.25) is 0 Å². The molecule has 2 rings (SSSR count). The molecule has 0 bridgehead atoms. The molecule has 1 saturated heterocycles. The molecule has 2 heteroatoms. The number of hydrogen-bond acceptors (Lipinski definition) is 1. The Morgan fingerprint density at radius 2 is 2.14 bits per heavy atom. The van der Waals surface area contributed by atoms with E-state index in [1.807, 2.05) is 0 Å². The number of epoxide rings is 1. The Labute approximate surface area is 69.7 Å². The van der Waals surface area contributed by atoms with Crippen LogP contribution in [0.1, 0.15) is 6.42 Å². The molecule has 2 atom stereocenters. The first-order valence-corrected chi connectivity index (χ1v) is 1.95. The van der Waals surface area contributed by atoms with E-state index in [1.165, 1.54) is 6.42 Å². The third-order valence-corrected chi connectivity index (χ3v) is 1.22. The normalized spacial score (nSPS) is 41.1. The first-order chi connectivity index (χ1) is 2.47. The summed E-state index contributed by atoms with van der Waals surface area (Å²) in [6.07, 6.45) is 4.69. The van der Waals surface area contributed by atoms with Crippen molar-refractivity contribution in [1.82, 2.24) is 0 Å². The molecule has 39 valence electrons. The van der Waals surface area contributed by atoms with Crippen molar-refractivity contribution in [3.63, 3.8) is 0 Å². The summed E-state index contributed by atoms with van der Waals surface area (Å²) in [5.41, 5.74) is 0. The van der Waals surface area contributed by atoms with Gasteiger partial charge in [0.1, 0.15) is 0 Å². The molecule has 0 aromatic heterocycles. The van der Waals surface area contributed by atoms with Gasteiger partial charge in [0.15, 0.2) is 0 Å². The summed E-state index contributed by atoms with van der Waals surface area (Å²) >= 11 is 0. The Bertz CT molecular complexity index is 53.1. The smallest absolute Gasteiger partial charge is 0.0259 e. The van der Waals surface area contributed by atoms with E-state index in [4.69, 9.17) is 4.74 Å². The largest absolute Gasteiger partial charge is 0.407 e. The third kappa shape index (κ3) is 1.24. The summed E-state index contributed by atoms with van der Waals surface area (Å²) in [6.45, 7) is 0. The summed E-state index contributed by atoms with van der Waals surface area (Å²) in [5.74, 6) is 0. The number of rotatable bonds is 0. The SMILES string of the molecule is [CH-]1CC2OC12.[CH3-].[Y]. The van der Waals surface area contributed by atoms with Crippen molar-refractivity contribution >= 4 is 0 Å². The molecular weight excluding hydrogens is 165 g/mol. The first-order valence-electron chi connectivity index (χ1n) is 1.95. The van der Waals surface area contributed by atoms with Gasteiger partial charge in [0.05, 0.1) is 0 Å². The standard InChI is InChI=1S/C4H5O.CH3.Y/c1-2-4-3(1)5-4;;/h1,3-4H,2H2;1H3;/q2*-1;. The van der Waals surface area contributed by atoms with Crippen LogP contribution < -0.4 is 0 Å². The monoisotopic (exact) mass is 173 g/mol. The maximum absolute atomic E-state index is 4.97. The Morgan fingerprint density at radius 3 is 2.14 bits per heavy atom. The van der Waals surface area contributed by atoms with Crippen LogP contribution >= 0.6 is 0 Å². The Morgan fingerprint density at radius 1 is 1.57 bits per heavy atom. The van der Waals surface area contributed by atoms with Crippen molar-refractivity contribution in [3.05, 3.63) is 13.8 Å². The molecule has 2 fully saturated rings. The first kappa shape index (κ1) is 8.06. The maximum Gasteiger partial charge on any atom is 0.0259 e. The molecule has 1 aliphatic carbocycles. The van der Waals surface area contributed by atoms with Crippen LogP contribution in [-0.4, -0.2) is 12.2 Å². The van der Waals surface area contributed by atoms with Gasteiger partial charge in [-0.15, -0.1) is 0 Å². The molecule has 0 N–H and O–H groups in total. The predicted molar refractivity (Wildman–Crippen MR) is 24.0 cm³/mol. The van der Waals surface area contributed by atoms with Gasteiger partial charge in [-0.2, -0.15) is 6.42 Å². The van der Waals surface area contributed by atoms with E-state index in [1.54, 1.807) is 0 Å². The fourth-order valence-electron chi connectivity index (χ4n) is 0.626. The van der Waals surface area contributed by atoms with Gasteiger partial charge < -0.3 is 12.2 Å². The average Bonchev–Trinajstić information content (AvgIpc) is 1.74. The Balaban J connectivity index is 0.000000180. The zero-order chi connectivity index (χ0) is 3.28. The summed E-state index contributed by atoms with van der Waals surface area (Å²) in [7, 11) is 0. The minimum absolute atomic E-state index is 0. The minimum atomic E-state index is 0. The second kappa shape index (κ2) is 2.56.